The molecule has 0 saturated carbocycles. The SMILES string of the molecule is CCOC(=O)n1nc(CC(=O)c2ccc(N3CCN(C)CC3)cc2NC2CCOCC2)c2c1CCN(S(=O)(=O)c1cc(F)cc(F)c1)C2. The average molecular weight is 687 g/mol. The lowest BCUT2D eigenvalue weighted by Crippen LogP contribution is -2.44. The molecule has 3 aromatic rings. The highest BCUT2D eigenvalue weighted by Gasteiger charge is 2.35. The zero-order valence-electron chi connectivity index (χ0n) is 27.1. The van der Waals surface area contributed by atoms with Crippen LogP contribution in [0.1, 0.15) is 47.1 Å². The number of aromatic nitrogens is 2. The van der Waals surface area contributed by atoms with Crippen molar-refractivity contribution in [2.75, 3.05) is 69.8 Å². The summed E-state index contributed by atoms with van der Waals surface area (Å²) in [6.45, 7) is 6.26. The minimum atomic E-state index is -4.32. The number of ketones is 1. The first kappa shape index (κ1) is 34.0. The lowest BCUT2D eigenvalue weighted by Gasteiger charge is -2.34. The van der Waals surface area contributed by atoms with E-state index < -0.39 is 32.6 Å². The quantitative estimate of drug-likeness (QED) is 0.333. The van der Waals surface area contributed by atoms with Crippen LogP contribution in [0.25, 0.3) is 0 Å². The van der Waals surface area contributed by atoms with Gasteiger partial charge in [-0.15, -0.1) is 0 Å². The van der Waals surface area contributed by atoms with Gasteiger partial charge in [-0.1, -0.05) is 0 Å². The monoisotopic (exact) mass is 686 g/mol. The fourth-order valence-electron chi connectivity index (χ4n) is 6.44. The highest BCUT2D eigenvalue weighted by Crippen LogP contribution is 2.31. The van der Waals surface area contributed by atoms with Crippen LogP contribution in [-0.4, -0.2) is 105 Å². The number of hydrogen-bond donors (Lipinski definition) is 1. The number of ether oxygens (including phenoxy) is 2. The third-order valence-corrected chi connectivity index (χ3v) is 10.9. The van der Waals surface area contributed by atoms with Gasteiger partial charge in [-0.3, -0.25) is 4.79 Å². The summed E-state index contributed by atoms with van der Waals surface area (Å²) < 4.78 is 67.9. The zero-order valence-corrected chi connectivity index (χ0v) is 27.9. The number of nitrogens with zero attached hydrogens (tertiary/aromatic N) is 5. The van der Waals surface area contributed by atoms with E-state index in [2.05, 4.69) is 27.3 Å². The summed E-state index contributed by atoms with van der Waals surface area (Å²) in [5.41, 5.74) is 3.20. The van der Waals surface area contributed by atoms with Crippen molar-refractivity contribution in [1.29, 1.82) is 0 Å². The van der Waals surface area contributed by atoms with Crippen LogP contribution in [0.2, 0.25) is 0 Å². The summed E-state index contributed by atoms with van der Waals surface area (Å²) >= 11 is 0. The van der Waals surface area contributed by atoms with Gasteiger partial charge in [0.2, 0.25) is 10.0 Å². The van der Waals surface area contributed by atoms with E-state index in [9.17, 15) is 26.8 Å². The van der Waals surface area contributed by atoms with Crippen LogP contribution >= 0.6 is 0 Å². The number of sulfonamides is 1. The van der Waals surface area contributed by atoms with E-state index >= 15 is 0 Å². The highest BCUT2D eigenvalue weighted by atomic mass is 32.2. The maximum atomic E-state index is 14.1. The minimum absolute atomic E-state index is 0.0706. The molecule has 0 amide bonds. The number of carbonyl (C=O) groups is 2. The highest BCUT2D eigenvalue weighted by molar-refractivity contribution is 7.89. The molecule has 0 spiro atoms. The molecule has 3 aliphatic rings. The molecular formula is C33H40F2N6O6S. The molecule has 48 heavy (non-hydrogen) atoms. The molecule has 12 nitrogen and oxygen atoms in total. The number of hydrogen-bond acceptors (Lipinski definition) is 10. The Labute approximate surface area is 278 Å². The number of rotatable bonds is 9. The van der Waals surface area contributed by atoms with Crippen molar-refractivity contribution in [3.8, 4) is 0 Å². The van der Waals surface area contributed by atoms with Crippen LogP contribution in [-0.2, 0) is 38.9 Å². The van der Waals surface area contributed by atoms with Gasteiger partial charge in [0.25, 0.3) is 0 Å². The molecule has 0 aliphatic carbocycles. The molecule has 4 heterocycles. The van der Waals surface area contributed by atoms with E-state index in [1.165, 1.54) is 0 Å². The molecule has 3 aliphatic heterocycles. The molecule has 0 radical (unpaired) electrons. The standard InChI is InChI=1S/C33H40F2N6O6S/c1-3-47-33(43)41-31-6-9-40(48(44,45)26-17-22(34)16-23(35)18-26)21-28(31)30(37-41)20-32(42)27-5-4-25(39-12-10-38(2)11-13-39)19-29(27)36-24-7-14-46-15-8-24/h4-5,16-19,24,36H,3,6-15,20-21H2,1-2H3. The number of carbonyl (C=O) groups excluding carboxylic acids is 2. The summed E-state index contributed by atoms with van der Waals surface area (Å²) in [4.78, 5) is 31.0. The van der Waals surface area contributed by atoms with Crippen molar-refractivity contribution in [2.45, 2.75) is 50.1 Å². The third kappa shape index (κ3) is 7.23. The molecule has 258 valence electrons. The summed E-state index contributed by atoms with van der Waals surface area (Å²) in [7, 11) is -2.23. The van der Waals surface area contributed by atoms with E-state index in [1.54, 1.807) is 6.92 Å². The fourth-order valence-corrected chi connectivity index (χ4v) is 7.89. The van der Waals surface area contributed by atoms with Crippen molar-refractivity contribution in [2.24, 2.45) is 0 Å². The Kier molecular flexibility index (Phi) is 10.1. The van der Waals surface area contributed by atoms with E-state index in [-0.39, 0.29) is 50.1 Å². The number of benzene rings is 2. The molecule has 2 saturated heterocycles. The predicted molar refractivity (Wildman–Crippen MR) is 174 cm³/mol. The van der Waals surface area contributed by atoms with E-state index in [0.717, 1.165) is 65.8 Å². The lowest BCUT2D eigenvalue weighted by molar-refractivity contribution is 0.0904. The first-order chi connectivity index (χ1) is 23.0. The first-order valence-corrected chi connectivity index (χ1v) is 17.7. The number of Topliss-reactive ketones (excluding diaryl/α,β-unsaturated/α-hetero) is 1. The van der Waals surface area contributed by atoms with Crippen LogP contribution in [0.4, 0.5) is 25.0 Å². The van der Waals surface area contributed by atoms with Gasteiger partial charge in [0.05, 0.1) is 29.3 Å². The topological polar surface area (TPSA) is 126 Å². The van der Waals surface area contributed by atoms with Gasteiger partial charge >= 0.3 is 6.09 Å². The zero-order chi connectivity index (χ0) is 34.0. The number of fused-ring (bicyclic) bond motifs is 1. The maximum absolute atomic E-state index is 14.1. The number of likely N-dealkylation sites (N-methyl/N-ethyl adjacent to an activating group) is 1. The molecule has 6 rings (SSSR count). The van der Waals surface area contributed by atoms with Crippen LogP contribution in [0, 0.1) is 11.6 Å². The Morgan fingerprint density at radius 2 is 1.73 bits per heavy atom. The van der Waals surface area contributed by atoms with Crippen LogP contribution < -0.4 is 10.2 Å². The van der Waals surface area contributed by atoms with E-state index in [1.807, 2.05) is 18.2 Å². The van der Waals surface area contributed by atoms with Crippen molar-refractivity contribution >= 4 is 33.3 Å². The van der Waals surface area contributed by atoms with Gasteiger partial charge in [0, 0.05) is 93.5 Å². The van der Waals surface area contributed by atoms with Gasteiger partial charge in [-0.2, -0.15) is 14.1 Å². The number of nitrogens with one attached hydrogen (secondary N) is 1. The predicted octanol–water partition coefficient (Wildman–Crippen LogP) is 3.68. The smallest absolute Gasteiger partial charge is 0.434 e. The van der Waals surface area contributed by atoms with E-state index in [4.69, 9.17) is 9.47 Å². The molecule has 1 N–H and O–H groups in total. The van der Waals surface area contributed by atoms with E-state index in [0.29, 0.717) is 41.8 Å². The second-order valence-electron chi connectivity index (χ2n) is 12.3. The summed E-state index contributed by atoms with van der Waals surface area (Å²) in [6.07, 6.45) is 0.706. The number of halogens is 2. The Morgan fingerprint density at radius 3 is 2.42 bits per heavy atom. The molecule has 15 heteroatoms. The van der Waals surface area contributed by atoms with Crippen molar-refractivity contribution < 1.29 is 36.3 Å². The average Bonchev–Trinajstić information content (AvgIpc) is 3.42. The lowest BCUT2D eigenvalue weighted by atomic mass is 9.98. The minimum Gasteiger partial charge on any atom is -0.448 e. The molecule has 0 atom stereocenters. The molecular weight excluding hydrogens is 646 g/mol. The maximum Gasteiger partial charge on any atom is 0.434 e. The Balaban J connectivity index is 1.32. The van der Waals surface area contributed by atoms with Crippen LogP contribution in [0.3, 0.4) is 0 Å². The summed E-state index contributed by atoms with van der Waals surface area (Å²) in [6, 6.07) is 8.00. The van der Waals surface area contributed by atoms with Crippen LogP contribution in [0.15, 0.2) is 41.3 Å². The van der Waals surface area contributed by atoms with Gasteiger partial charge in [0.15, 0.2) is 5.78 Å². The first-order valence-electron chi connectivity index (χ1n) is 16.2. The molecule has 2 fully saturated rings. The molecule has 1 aromatic heterocycles. The Hall–Kier alpha value is -3.92. The second kappa shape index (κ2) is 14.3. The summed E-state index contributed by atoms with van der Waals surface area (Å²) in [5, 5.41) is 8.04. The van der Waals surface area contributed by atoms with Crippen molar-refractivity contribution in [3.63, 3.8) is 0 Å². The van der Waals surface area contributed by atoms with Crippen molar-refractivity contribution in [3.05, 3.63) is 70.5 Å². The van der Waals surface area contributed by atoms with Gasteiger partial charge in [-0.25, -0.2) is 22.0 Å². The molecule has 2 aromatic carbocycles. The van der Waals surface area contributed by atoms with Gasteiger partial charge in [0.1, 0.15) is 11.6 Å². The third-order valence-electron chi connectivity index (χ3n) is 9.10. The fraction of sp³-hybridized carbons (Fsp3) is 0.485. The normalized spacial score (nSPS) is 18.0. The van der Waals surface area contributed by atoms with Crippen LogP contribution in [0.5, 0.6) is 0 Å². The van der Waals surface area contributed by atoms with Gasteiger partial charge < -0.3 is 24.6 Å². The number of piperazine rings is 1. The number of anilines is 2. The Morgan fingerprint density at radius 1 is 1.02 bits per heavy atom. The largest absolute Gasteiger partial charge is 0.448 e. The Bertz CT molecular complexity index is 1770. The van der Waals surface area contributed by atoms with Crippen molar-refractivity contribution in [1.82, 2.24) is 19.0 Å². The molecule has 0 bridgehead atoms. The summed E-state index contributed by atoms with van der Waals surface area (Å²) in [5.74, 6) is -2.30. The van der Waals surface area contributed by atoms with Gasteiger partial charge in [-0.05, 0) is 57.1 Å². The molecule has 0 unspecified atom stereocenters. The second-order valence-corrected chi connectivity index (χ2v) is 14.3.